The van der Waals surface area contributed by atoms with Crippen LogP contribution in [0.3, 0.4) is 0 Å². The summed E-state index contributed by atoms with van der Waals surface area (Å²) in [6.45, 7) is 11.4. The molecule has 8 nitrogen and oxygen atoms in total. The van der Waals surface area contributed by atoms with Gasteiger partial charge >= 0.3 is 87.7 Å². The Balaban J connectivity index is 0. The molecule has 6 N–H and O–H groups in total. The minimum absolute atomic E-state index is 0.0379. The molecule has 2 heterocycles. The molecule has 2 aromatic rings. The Morgan fingerprint density at radius 1 is 0.588 bits per heavy atom. The van der Waals surface area contributed by atoms with Gasteiger partial charge in [0.1, 0.15) is 11.5 Å². The standard InChI is InChI=1S/2C8H11NO3.4C2H5.2Sn/c2*1-5-8(12)7(4-11)6(3-10)2-9-5;4*1-2;;/h2*2,10-12H,3-4H2,1H3;4*1H2,2H3;;. The predicted molar refractivity (Wildman–Crippen MR) is 138 cm³/mol. The van der Waals surface area contributed by atoms with Crippen molar-refractivity contribution in [3.63, 3.8) is 0 Å². The molecule has 0 unspecified atom stereocenters. The van der Waals surface area contributed by atoms with E-state index in [0.29, 0.717) is 33.6 Å². The number of hydrogen-bond donors (Lipinski definition) is 6. The molecule has 0 bridgehead atoms. The molecule has 0 spiro atoms. The maximum atomic E-state index is 9.38. The average molecular weight is 692 g/mol. The van der Waals surface area contributed by atoms with Gasteiger partial charge in [0.05, 0.1) is 37.8 Å². The Hall–Kier alpha value is -0.663. The number of pyridine rings is 2. The number of aromatic hydroxyl groups is 2. The van der Waals surface area contributed by atoms with Crippen LogP contribution in [0.1, 0.15) is 61.3 Å². The van der Waals surface area contributed by atoms with Gasteiger partial charge in [-0.15, -0.1) is 0 Å². The van der Waals surface area contributed by atoms with Gasteiger partial charge in [0, 0.05) is 34.6 Å². The van der Waals surface area contributed by atoms with Crippen molar-refractivity contribution in [2.75, 3.05) is 0 Å². The zero-order valence-electron chi connectivity index (χ0n) is 21.4. The number of rotatable bonds is 8. The zero-order valence-corrected chi connectivity index (χ0v) is 27.1. The van der Waals surface area contributed by atoms with Gasteiger partial charge in [0.15, 0.2) is 0 Å². The van der Waals surface area contributed by atoms with Crippen molar-refractivity contribution in [1.29, 1.82) is 0 Å². The Morgan fingerprint density at radius 3 is 1.06 bits per heavy atom. The first-order chi connectivity index (χ1) is 16.2. The van der Waals surface area contributed by atoms with Gasteiger partial charge in [-0.2, -0.15) is 0 Å². The molecule has 10 heteroatoms. The van der Waals surface area contributed by atoms with Crippen LogP contribution < -0.4 is 0 Å². The van der Waals surface area contributed by atoms with Gasteiger partial charge in [0.2, 0.25) is 0 Å². The summed E-state index contributed by atoms with van der Waals surface area (Å²) in [6.07, 6.45) is 2.89. The van der Waals surface area contributed by atoms with Crippen molar-refractivity contribution in [2.45, 2.75) is 85.7 Å². The normalized spacial score (nSPS) is 9.71. The van der Waals surface area contributed by atoms with E-state index in [1.54, 1.807) is 13.8 Å². The van der Waals surface area contributed by atoms with Crippen molar-refractivity contribution < 1.29 is 30.6 Å². The second kappa shape index (κ2) is 22.8. The first-order valence-electron chi connectivity index (χ1n) is 11.4. The molecule has 0 fully saturated rings. The SMILES string of the molecule is C[CH2][Sn][CH2]C.C[CH2][Sn][CH2]C.Cc1ncc(CO)c(CO)c1O.Cc1ncc(CO)c(CO)c1O. The summed E-state index contributed by atoms with van der Waals surface area (Å²) in [6, 6.07) is 0. The van der Waals surface area contributed by atoms with Crippen LogP contribution in [-0.4, -0.2) is 82.9 Å². The monoisotopic (exact) mass is 694 g/mol. The molecular weight excluding hydrogens is 650 g/mol. The van der Waals surface area contributed by atoms with E-state index >= 15 is 0 Å². The van der Waals surface area contributed by atoms with Crippen molar-refractivity contribution >= 4 is 42.3 Å². The van der Waals surface area contributed by atoms with Gasteiger partial charge in [-0.25, -0.2) is 0 Å². The molecule has 0 aliphatic carbocycles. The third kappa shape index (κ3) is 14.0. The van der Waals surface area contributed by atoms with Crippen LogP contribution in [0.4, 0.5) is 0 Å². The van der Waals surface area contributed by atoms with E-state index in [4.69, 9.17) is 20.4 Å². The van der Waals surface area contributed by atoms with Crippen LogP contribution in [0.25, 0.3) is 0 Å². The van der Waals surface area contributed by atoms with Crippen molar-refractivity contribution in [1.82, 2.24) is 9.97 Å². The third-order valence-corrected chi connectivity index (χ3v) is 10.2. The molecule has 0 saturated heterocycles. The second-order valence-electron chi connectivity index (χ2n) is 6.94. The Morgan fingerprint density at radius 2 is 0.882 bits per heavy atom. The van der Waals surface area contributed by atoms with Gasteiger partial charge < -0.3 is 30.6 Å². The third-order valence-electron chi connectivity index (χ3n) is 4.52. The van der Waals surface area contributed by atoms with E-state index in [0.717, 1.165) is 0 Å². The molecule has 4 radical (unpaired) electrons. The van der Waals surface area contributed by atoms with Crippen molar-refractivity contribution in [3.05, 3.63) is 46.0 Å². The second-order valence-corrected chi connectivity index (χ2v) is 17.9. The van der Waals surface area contributed by atoms with Crippen LogP contribution in [-0.2, 0) is 26.4 Å². The van der Waals surface area contributed by atoms with Crippen molar-refractivity contribution in [3.8, 4) is 11.5 Å². The molecular formula is C24H42N2O6Sn2. The molecule has 192 valence electrons. The van der Waals surface area contributed by atoms with Crippen LogP contribution in [0.5, 0.6) is 11.5 Å². The summed E-state index contributed by atoms with van der Waals surface area (Å²) in [4.78, 5) is 7.67. The van der Waals surface area contributed by atoms with E-state index in [2.05, 4.69) is 37.7 Å². The fourth-order valence-electron chi connectivity index (χ4n) is 2.49. The first-order valence-corrected chi connectivity index (χ1v) is 19.5. The summed E-state index contributed by atoms with van der Waals surface area (Å²) < 4.78 is 6.06. The fourth-order valence-corrected chi connectivity index (χ4v) is 5.35. The van der Waals surface area contributed by atoms with Crippen LogP contribution >= 0.6 is 0 Å². The minimum Gasteiger partial charge on any atom is -0.506 e. The fraction of sp³-hybridized carbons (Fsp3) is 0.583. The zero-order chi connectivity index (χ0) is 26.5. The number of aliphatic hydroxyl groups excluding tert-OH is 4. The van der Waals surface area contributed by atoms with Crippen molar-refractivity contribution in [2.24, 2.45) is 0 Å². The summed E-state index contributed by atoms with van der Waals surface area (Å²) >= 11 is 0.436. The molecule has 34 heavy (non-hydrogen) atoms. The van der Waals surface area contributed by atoms with E-state index < -0.39 is 0 Å². The largest absolute Gasteiger partial charge is 0.506 e. The molecule has 0 amide bonds. The first kappa shape index (κ1) is 35.5. The summed E-state index contributed by atoms with van der Waals surface area (Å²) in [5.41, 5.74) is 2.53. The number of nitrogens with zero attached hydrogens (tertiary/aromatic N) is 2. The van der Waals surface area contributed by atoms with Gasteiger partial charge in [-0.1, -0.05) is 0 Å². The summed E-state index contributed by atoms with van der Waals surface area (Å²) in [5, 5.41) is 54.1. The number of aromatic nitrogens is 2. The quantitative estimate of drug-likeness (QED) is 0.231. The Labute approximate surface area is 225 Å². The molecule has 0 aromatic carbocycles. The minimum atomic E-state index is -0.287. The smallest absolute Gasteiger partial charge is 0.142 e. The molecule has 0 saturated carbocycles. The molecule has 2 aromatic heterocycles. The number of hydrogen-bond acceptors (Lipinski definition) is 8. The van der Waals surface area contributed by atoms with Crippen LogP contribution in [0.15, 0.2) is 12.4 Å². The van der Waals surface area contributed by atoms with E-state index in [1.165, 1.54) is 30.1 Å². The summed E-state index contributed by atoms with van der Waals surface area (Å²) in [7, 11) is 0. The summed E-state index contributed by atoms with van der Waals surface area (Å²) in [5.74, 6) is -0.0758. The maximum absolute atomic E-state index is 9.38. The Kier molecular flexibility index (Phi) is 23.8. The predicted octanol–water partition coefficient (Wildman–Crippen LogP) is 3.29. The van der Waals surface area contributed by atoms with Crippen LogP contribution in [0, 0.1) is 13.8 Å². The number of aryl methyl sites for hydroxylation is 2. The molecule has 2 rings (SSSR count). The molecule has 0 aliphatic heterocycles. The molecule has 0 atom stereocenters. The van der Waals surface area contributed by atoms with Gasteiger partial charge in [-0.3, -0.25) is 9.97 Å². The topological polar surface area (TPSA) is 147 Å². The van der Waals surface area contributed by atoms with Gasteiger partial charge in [-0.05, 0) is 13.8 Å². The average Bonchev–Trinajstić information content (AvgIpc) is 2.84. The maximum Gasteiger partial charge on any atom is 0.142 e. The van der Waals surface area contributed by atoms with E-state index in [9.17, 15) is 10.2 Å². The number of aliphatic hydroxyl groups is 4. The molecule has 0 aliphatic rings. The van der Waals surface area contributed by atoms with E-state index in [1.807, 2.05) is 0 Å². The Bertz CT molecular complexity index is 725. The van der Waals surface area contributed by atoms with Gasteiger partial charge in [0.25, 0.3) is 0 Å². The van der Waals surface area contributed by atoms with Crippen LogP contribution in [0.2, 0.25) is 17.7 Å². The van der Waals surface area contributed by atoms with E-state index in [-0.39, 0.29) is 80.2 Å².